The topological polar surface area (TPSA) is 134 Å². The van der Waals surface area contributed by atoms with Crippen molar-refractivity contribution in [2.45, 2.75) is 105 Å². The maximum atomic E-state index is 14.2. The third kappa shape index (κ3) is 11.8. The number of phenols is 1. The van der Waals surface area contributed by atoms with Crippen molar-refractivity contribution in [2.75, 3.05) is 19.7 Å². The second-order valence-electron chi connectivity index (χ2n) is 10.9. The maximum Gasteiger partial charge on any atom is 0.408 e. The number of carbonyl (C=O) groups is 4. The molecule has 226 valence electrons. The summed E-state index contributed by atoms with van der Waals surface area (Å²) in [4.78, 5) is 53.9. The van der Waals surface area contributed by atoms with Crippen LogP contribution in [0, 0.1) is 5.92 Å². The predicted molar refractivity (Wildman–Crippen MR) is 154 cm³/mol. The average Bonchev–Trinajstić information content (AvgIpc) is 2.88. The van der Waals surface area contributed by atoms with E-state index in [4.69, 9.17) is 9.47 Å². The van der Waals surface area contributed by atoms with E-state index in [0.29, 0.717) is 12.8 Å². The first-order valence-corrected chi connectivity index (χ1v) is 14.4. The minimum absolute atomic E-state index is 0.00454. The molecule has 0 aliphatic rings. The quantitative estimate of drug-likeness (QED) is 0.193. The third-order valence-corrected chi connectivity index (χ3v) is 6.41. The molecule has 1 rings (SSSR count). The van der Waals surface area contributed by atoms with Crippen LogP contribution in [0.2, 0.25) is 0 Å². The molecule has 1 aromatic carbocycles. The molecule has 1 aromatic rings. The molecule has 0 aromatic heterocycles. The number of nitrogens with zero attached hydrogens (tertiary/aromatic N) is 1. The fraction of sp³-hybridized carbons (Fsp3) is 0.667. The van der Waals surface area contributed by atoms with E-state index in [2.05, 4.69) is 17.6 Å². The van der Waals surface area contributed by atoms with E-state index in [1.807, 2.05) is 13.8 Å². The zero-order valence-corrected chi connectivity index (χ0v) is 25.2. The van der Waals surface area contributed by atoms with Crippen LogP contribution in [0.5, 0.6) is 5.75 Å². The maximum absolute atomic E-state index is 14.2. The number of amides is 3. The Morgan fingerprint density at radius 1 is 1.02 bits per heavy atom. The number of nitrogens with one attached hydrogen (secondary N) is 2. The third-order valence-electron chi connectivity index (χ3n) is 6.41. The highest BCUT2D eigenvalue weighted by atomic mass is 16.6. The summed E-state index contributed by atoms with van der Waals surface area (Å²) in [5.74, 6) is -1.86. The lowest BCUT2D eigenvalue weighted by molar-refractivity contribution is -0.145. The minimum Gasteiger partial charge on any atom is -0.508 e. The summed E-state index contributed by atoms with van der Waals surface area (Å²) >= 11 is 0. The molecule has 0 heterocycles. The molecule has 0 saturated carbocycles. The van der Waals surface area contributed by atoms with Crippen LogP contribution in [0.4, 0.5) is 4.79 Å². The Labute approximate surface area is 239 Å². The van der Waals surface area contributed by atoms with Crippen LogP contribution in [0.25, 0.3) is 0 Å². The van der Waals surface area contributed by atoms with Gasteiger partial charge in [0.1, 0.15) is 23.4 Å². The first-order chi connectivity index (χ1) is 18.9. The van der Waals surface area contributed by atoms with E-state index in [0.717, 1.165) is 19.3 Å². The minimum atomic E-state index is -1.19. The smallest absolute Gasteiger partial charge is 0.408 e. The number of benzene rings is 1. The number of phenolic OH excluding ortho intramolecular Hbond substituents is 1. The normalized spacial score (nSPS) is 13.5. The van der Waals surface area contributed by atoms with E-state index in [-0.39, 0.29) is 43.3 Å². The summed E-state index contributed by atoms with van der Waals surface area (Å²) in [5.41, 5.74) is -0.510. The van der Waals surface area contributed by atoms with Gasteiger partial charge in [-0.1, -0.05) is 64.7 Å². The first-order valence-electron chi connectivity index (χ1n) is 14.4. The Bertz CT molecular complexity index is 961. The Morgan fingerprint density at radius 3 is 2.27 bits per heavy atom. The molecule has 0 bridgehead atoms. The highest BCUT2D eigenvalue weighted by Crippen LogP contribution is 2.31. The number of alkyl carbamates (subject to hydrolysis) is 1. The summed E-state index contributed by atoms with van der Waals surface area (Å²) in [6.07, 6.45) is 3.23. The lowest BCUT2D eigenvalue weighted by Gasteiger charge is -2.36. The average molecular weight is 564 g/mol. The van der Waals surface area contributed by atoms with E-state index in [1.54, 1.807) is 45.9 Å². The number of unbranched alkanes of at least 4 members (excludes halogenated alkanes) is 3. The summed E-state index contributed by atoms with van der Waals surface area (Å²) in [6.45, 7) is 13.2. The van der Waals surface area contributed by atoms with E-state index < -0.39 is 41.6 Å². The van der Waals surface area contributed by atoms with Gasteiger partial charge in [-0.25, -0.2) is 4.79 Å². The molecule has 0 fully saturated rings. The fourth-order valence-corrected chi connectivity index (χ4v) is 4.16. The molecule has 0 aliphatic heterocycles. The molecule has 0 saturated heterocycles. The number of para-hydroxylation sites is 1. The molecule has 3 unspecified atom stereocenters. The van der Waals surface area contributed by atoms with Crippen molar-refractivity contribution >= 4 is 23.9 Å². The van der Waals surface area contributed by atoms with Gasteiger partial charge in [-0.15, -0.1) is 0 Å². The van der Waals surface area contributed by atoms with Crippen LogP contribution in [0.3, 0.4) is 0 Å². The number of ether oxygens (including phenoxy) is 2. The van der Waals surface area contributed by atoms with Crippen molar-refractivity contribution < 1.29 is 33.8 Å². The van der Waals surface area contributed by atoms with Crippen molar-refractivity contribution in [2.24, 2.45) is 5.92 Å². The van der Waals surface area contributed by atoms with Gasteiger partial charge in [-0.05, 0) is 46.1 Å². The van der Waals surface area contributed by atoms with Crippen LogP contribution in [-0.4, -0.2) is 65.2 Å². The molecular weight excluding hydrogens is 514 g/mol. The molecule has 3 N–H and O–H groups in total. The highest BCUT2D eigenvalue weighted by Gasteiger charge is 2.38. The number of rotatable bonds is 16. The second kappa shape index (κ2) is 17.4. The van der Waals surface area contributed by atoms with E-state index in [1.165, 1.54) is 11.0 Å². The Morgan fingerprint density at radius 2 is 1.70 bits per heavy atom. The van der Waals surface area contributed by atoms with Gasteiger partial charge in [0.25, 0.3) is 0 Å². The largest absolute Gasteiger partial charge is 0.508 e. The standard InChI is InChI=1S/C30H49N3O7/c1-8-11-12-15-20-33(28(37)25(21(4)9-2)32-29(38)40-30(5,6)7)26(22-16-13-14-17-23(22)34)27(36)31-19-18-24(35)39-10-3/h13-14,16-17,21,25-26,34H,8-12,15,18-20H2,1-7H3,(H,31,36)(H,32,38). The van der Waals surface area contributed by atoms with Crippen LogP contribution in [-0.2, 0) is 23.9 Å². The van der Waals surface area contributed by atoms with Gasteiger partial charge >= 0.3 is 12.1 Å². The lowest BCUT2D eigenvalue weighted by Crippen LogP contribution is -2.55. The zero-order chi connectivity index (χ0) is 30.3. The van der Waals surface area contributed by atoms with Crippen molar-refractivity contribution in [1.82, 2.24) is 15.5 Å². The molecule has 3 amide bonds. The van der Waals surface area contributed by atoms with E-state index >= 15 is 0 Å². The van der Waals surface area contributed by atoms with Crippen LogP contribution in [0.1, 0.15) is 98.6 Å². The monoisotopic (exact) mass is 563 g/mol. The van der Waals surface area contributed by atoms with Gasteiger partial charge in [0.2, 0.25) is 11.8 Å². The molecule has 3 atom stereocenters. The fourth-order valence-electron chi connectivity index (χ4n) is 4.16. The molecule has 10 heteroatoms. The Hall–Kier alpha value is -3.30. The highest BCUT2D eigenvalue weighted by molar-refractivity contribution is 5.92. The van der Waals surface area contributed by atoms with Gasteiger partial charge in [0.15, 0.2) is 0 Å². The summed E-state index contributed by atoms with van der Waals surface area (Å²) in [5, 5.41) is 16.2. The van der Waals surface area contributed by atoms with Gasteiger partial charge in [-0.3, -0.25) is 14.4 Å². The molecule has 0 spiro atoms. The van der Waals surface area contributed by atoms with Crippen LogP contribution >= 0.6 is 0 Å². The SMILES string of the molecule is CCCCCCN(C(=O)C(NC(=O)OC(C)(C)C)C(C)CC)C(C(=O)NCCC(=O)OCC)c1ccccc1O. The van der Waals surface area contributed by atoms with Gasteiger partial charge in [0.05, 0.1) is 13.0 Å². The van der Waals surface area contributed by atoms with Crippen molar-refractivity contribution in [3.63, 3.8) is 0 Å². The van der Waals surface area contributed by atoms with Gasteiger partial charge in [0, 0.05) is 18.7 Å². The van der Waals surface area contributed by atoms with Crippen molar-refractivity contribution in [3.8, 4) is 5.75 Å². The number of hydrogen-bond acceptors (Lipinski definition) is 7. The number of esters is 1. The van der Waals surface area contributed by atoms with Crippen molar-refractivity contribution in [1.29, 1.82) is 0 Å². The molecule has 40 heavy (non-hydrogen) atoms. The lowest BCUT2D eigenvalue weighted by atomic mass is 9.95. The summed E-state index contributed by atoms with van der Waals surface area (Å²) < 4.78 is 10.4. The van der Waals surface area contributed by atoms with Gasteiger partial charge < -0.3 is 30.1 Å². The molecule has 0 aliphatic carbocycles. The number of carbonyl (C=O) groups excluding carboxylic acids is 4. The molecule has 10 nitrogen and oxygen atoms in total. The summed E-state index contributed by atoms with van der Waals surface area (Å²) in [7, 11) is 0. The van der Waals surface area contributed by atoms with Gasteiger partial charge in [-0.2, -0.15) is 0 Å². The number of hydrogen-bond donors (Lipinski definition) is 3. The first kappa shape index (κ1) is 34.7. The zero-order valence-electron chi connectivity index (χ0n) is 25.2. The predicted octanol–water partition coefficient (Wildman–Crippen LogP) is 4.85. The summed E-state index contributed by atoms with van der Waals surface area (Å²) in [6, 6.07) is 4.21. The Kier molecular flexibility index (Phi) is 15.1. The van der Waals surface area contributed by atoms with E-state index in [9.17, 15) is 24.3 Å². The van der Waals surface area contributed by atoms with Crippen LogP contribution in [0.15, 0.2) is 24.3 Å². The Balaban J connectivity index is 3.47. The van der Waals surface area contributed by atoms with Crippen molar-refractivity contribution in [3.05, 3.63) is 29.8 Å². The molecule has 0 radical (unpaired) electrons. The second-order valence-corrected chi connectivity index (χ2v) is 10.9. The molecular formula is C30H49N3O7. The van der Waals surface area contributed by atoms with Crippen LogP contribution < -0.4 is 10.6 Å². The number of aromatic hydroxyl groups is 1.